The zero-order chi connectivity index (χ0) is 17.1. The van der Waals surface area contributed by atoms with E-state index in [2.05, 4.69) is 52.0 Å². The monoisotopic (exact) mass is 314 g/mol. The molecule has 0 radical (unpaired) electrons. The van der Waals surface area contributed by atoms with Gasteiger partial charge in [-0.2, -0.15) is 0 Å². The van der Waals surface area contributed by atoms with Gasteiger partial charge in [-0.05, 0) is 46.0 Å². The number of hydrogen-bond acceptors (Lipinski definition) is 1. The van der Waals surface area contributed by atoms with E-state index >= 15 is 0 Å². The third-order valence-corrected chi connectivity index (χ3v) is 5.65. The average Bonchev–Trinajstić information content (AvgIpc) is 2.97. The van der Waals surface area contributed by atoms with E-state index in [1.54, 1.807) is 0 Å². The van der Waals surface area contributed by atoms with Crippen LogP contribution in [0.1, 0.15) is 59.8 Å². The second-order valence-electron chi connectivity index (χ2n) is 7.37. The van der Waals surface area contributed by atoms with Gasteiger partial charge in [-0.1, -0.05) is 67.4 Å². The Morgan fingerprint density at radius 2 is 1.87 bits per heavy atom. The van der Waals surface area contributed by atoms with Crippen molar-refractivity contribution in [2.75, 3.05) is 0 Å². The summed E-state index contributed by atoms with van der Waals surface area (Å²) >= 11 is 0. The Kier molecular flexibility index (Phi) is 5.33. The molecule has 2 nitrogen and oxygen atoms in total. The van der Waals surface area contributed by atoms with E-state index < -0.39 is 11.4 Å². The zero-order valence-electron chi connectivity index (χ0n) is 14.9. The quantitative estimate of drug-likeness (QED) is 0.663. The highest BCUT2D eigenvalue weighted by Gasteiger charge is 2.58. The summed E-state index contributed by atoms with van der Waals surface area (Å²) in [5, 5.41) is 10.3. The lowest BCUT2D eigenvalue weighted by atomic mass is 9.51. The van der Waals surface area contributed by atoms with Crippen molar-refractivity contribution in [3.63, 3.8) is 0 Å². The van der Waals surface area contributed by atoms with Crippen molar-refractivity contribution in [3.05, 3.63) is 47.6 Å². The molecule has 0 spiro atoms. The summed E-state index contributed by atoms with van der Waals surface area (Å²) in [5.74, 6) is -0.557. The summed E-state index contributed by atoms with van der Waals surface area (Å²) < 4.78 is 0. The van der Waals surface area contributed by atoms with Gasteiger partial charge in [0.05, 0.1) is 5.41 Å². The Hall–Kier alpha value is -1.57. The van der Waals surface area contributed by atoms with Crippen LogP contribution in [0.4, 0.5) is 0 Å². The van der Waals surface area contributed by atoms with Gasteiger partial charge in [-0.15, -0.1) is 0 Å². The van der Waals surface area contributed by atoms with Gasteiger partial charge >= 0.3 is 5.97 Å². The van der Waals surface area contributed by atoms with E-state index in [4.69, 9.17) is 0 Å². The number of carboxylic acids is 1. The van der Waals surface area contributed by atoms with Gasteiger partial charge in [0.15, 0.2) is 0 Å². The van der Waals surface area contributed by atoms with Crippen molar-refractivity contribution in [3.8, 4) is 0 Å². The molecule has 0 amide bonds. The smallest absolute Gasteiger partial charge is 0.311 e. The van der Waals surface area contributed by atoms with Crippen LogP contribution >= 0.6 is 0 Å². The molecule has 0 aromatic rings. The predicted molar refractivity (Wildman–Crippen MR) is 96.2 cm³/mol. The minimum atomic E-state index is -0.722. The Labute approximate surface area is 140 Å². The zero-order valence-corrected chi connectivity index (χ0v) is 14.9. The summed E-state index contributed by atoms with van der Waals surface area (Å²) in [6.45, 7) is 8.37. The van der Waals surface area contributed by atoms with Crippen molar-refractivity contribution < 1.29 is 9.90 Å². The molecule has 0 heterocycles. The molecule has 2 heteroatoms. The van der Waals surface area contributed by atoms with Crippen LogP contribution in [-0.4, -0.2) is 11.1 Å². The first-order valence-corrected chi connectivity index (χ1v) is 8.82. The number of aliphatic carboxylic acids is 1. The Morgan fingerprint density at radius 3 is 2.39 bits per heavy atom. The number of hydrogen-bond donors (Lipinski definition) is 1. The molecule has 2 atom stereocenters. The lowest BCUT2D eigenvalue weighted by Crippen LogP contribution is -2.51. The number of allylic oxidation sites excluding steroid dienone is 8. The van der Waals surface area contributed by atoms with Crippen LogP contribution in [0.15, 0.2) is 47.6 Å². The average molecular weight is 314 g/mol. The number of carboxylic acid groups (broad SMARTS) is 1. The normalized spacial score (nSPS) is 29.6. The van der Waals surface area contributed by atoms with Crippen molar-refractivity contribution in [2.24, 2.45) is 16.7 Å². The Bertz CT molecular complexity index is 561. The predicted octanol–water partition coefficient (Wildman–Crippen LogP) is 5.68. The summed E-state index contributed by atoms with van der Waals surface area (Å²) in [7, 11) is 0. The van der Waals surface area contributed by atoms with Gasteiger partial charge in [0, 0.05) is 5.41 Å². The summed E-state index contributed by atoms with van der Waals surface area (Å²) in [5.41, 5.74) is 1.35. The van der Waals surface area contributed by atoms with E-state index in [-0.39, 0.29) is 11.3 Å². The molecule has 0 aromatic heterocycles. The minimum absolute atomic E-state index is 0.0803. The van der Waals surface area contributed by atoms with Crippen molar-refractivity contribution in [1.82, 2.24) is 0 Å². The molecule has 126 valence electrons. The first-order chi connectivity index (χ1) is 10.9. The van der Waals surface area contributed by atoms with Crippen LogP contribution in [-0.2, 0) is 4.79 Å². The molecule has 2 aliphatic rings. The Morgan fingerprint density at radius 1 is 1.22 bits per heavy atom. The van der Waals surface area contributed by atoms with Gasteiger partial charge in [-0.25, -0.2) is 0 Å². The highest BCUT2D eigenvalue weighted by Crippen LogP contribution is 2.58. The fourth-order valence-corrected chi connectivity index (χ4v) is 4.65. The van der Waals surface area contributed by atoms with E-state index in [1.807, 2.05) is 12.2 Å². The lowest BCUT2D eigenvalue weighted by molar-refractivity contribution is -0.161. The first-order valence-electron chi connectivity index (χ1n) is 8.82. The van der Waals surface area contributed by atoms with Gasteiger partial charge < -0.3 is 5.11 Å². The van der Waals surface area contributed by atoms with E-state index in [0.717, 1.165) is 32.1 Å². The standard InChI is InChI=1S/C21H30O2/c1-5-20(11-8-9-12-20)21(19(22)23)13-7-6-10-18(21)15-17(4)14-16(2)3/h8-9,11-12,14-15,18H,5-7,10,13H2,1-4H3,(H,22,23). The van der Waals surface area contributed by atoms with Gasteiger partial charge in [0.25, 0.3) is 0 Å². The highest BCUT2D eigenvalue weighted by atomic mass is 16.4. The van der Waals surface area contributed by atoms with Crippen molar-refractivity contribution >= 4 is 5.97 Å². The molecule has 0 bridgehead atoms. The van der Waals surface area contributed by atoms with Crippen LogP contribution in [0, 0.1) is 16.7 Å². The lowest BCUT2D eigenvalue weighted by Gasteiger charge is -2.50. The maximum Gasteiger partial charge on any atom is 0.311 e. The van der Waals surface area contributed by atoms with Crippen LogP contribution in [0.5, 0.6) is 0 Å². The molecule has 2 aliphatic carbocycles. The highest BCUT2D eigenvalue weighted by molar-refractivity contribution is 5.78. The molecule has 2 unspecified atom stereocenters. The third kappa shape index (κ3) is 3.08. The van der Waals surface area contributed by atoms with E-state index in [0.29, 0.717) is 0 Å². The Balaban J connectivity index is 2.54. The van der Waals surface area contributed by atoms with Crippen LogP contribution in [0.2, 0.25) is 0 Å². The second kappa shape index (κ2) is 6.90. The molecule has 0 saturated heterocycles. The maximum absolute atomic E-state index is 12.5. The maximum atomic E-state index is 12.5. The van der Waals surface area contributed by atoms with E-state index in [9.17, 15) is 9.90 Å². The largest absolute Gasteiger partial charge is 0.481 e. The number of rotatable bonds is 5. The SMILES string of the molecule is CCC1(C2(C(=O)O)CCCCC2C=C(C)C=C(C)C)C=CC=C1. The second-order valence-corrected chi connectivity index (χ2v) is 7.37. The van der Waals surface area contributed by atoms with Crippen LogP contribution in [0.25, 0.3) is 0 Å². The molecule has 0 aromatic carbocycles. The fourth-order valence-electron chi connectivity index (χ4n) is 4.65. The molecule has 23 heavy (non-hydrogen) atoms. The molecule has 1 N–H and O–H groups in total. The first kappa shape index (κ1) is 17.8. The van der Waals surface area contributed by atoms with Gasteiger partial charge in [0.1, 0.15) is 0 Å². The van der Waals surface area contributed by atoms with Gasteiger partial charge in [-0.3, -0.25) is 4.79 Å². The third-order valence-electron chi connectivity index (χ3n) is 5.65. The summed E-state index contributed by atoms with van der Waals surface area (Å²) in [6.07, 6.45) is 17.3. The molecule has 0 aliphatic heterocycles. The van der Waals surface area contributed by atoms with Crippen molar-refractivity contribution in [1.29, 1.82) is 0 Å². The molecular formula is C21H30O2. The molecule has 1 fully saturated rings. The van der Waals surface area contributed by atoms with E-state index in [1.165, 1.54) is 11.1 Å². The fraction of sp³-hybridized carbons (Fsp3) is 0.571. The van der Waals surface area contributed by atoms with Crippen LogP contribution < -0.4 is 0 Å². The number of carbonyl (C=O) groups is 1. The molecule has 1 saturated carbocycles. The summed E-state index contributed by atoms with van der Waals surface area (Å²) in [4.78, 5) is 12.5. The van der Waals surface area contributed by atoms with Crippen molar-refractivity contribution in [2.45, 2.75) is 59.8 Å². The topological polar surface area (TPSA) is 37.3 Å². The molecular weight excluding hydrogens is 284 g/mol. The molecule has 2 rings (SSSR count). The minimum Gasteiger partial charge on any atom is -0.481 e. The van der Waals surface area contributed by atoms with Gasteiger partial charge in [0.2, 0.25) is 0 Å². The van der Waals surface area contributed by atoms with Crippen LogP contribution in [0.3, 0.4) is 0 Å². The summed E-state index contributed by atoms with van der Waals surface area (Å²) in [6, 6.07) is 0.